The quantitative estimate of drug-likeness (QED) is 0.0943. The number of carbonyl (C=O) groups is 3. The third-order valence-electron chi connectivity index (χ3n) is 9.68. The van der Waals surface area contributed by atoms with Crippen LogP contribution in [0.5, 0.6) is 5.75 Å². The van der Waals surface area contributed by atoms with E-state index in [0.717, 1.165) is 28.1 Å². The molecule has 7 rings (SSSR count). The van der Waals surface area contributed by atoms with E-state index in [9.17, 15) is 14.4 Å². The minimum Gasteiger partial charge on any atom is -0.491 e. The first-order valence-electron chi connectivity index (χ1n) is 17.8. The second-order valence-corrected chi connectivity index (χ2v) is 14.4. The van der Waals surface area contributed by atoms with Crippen molar-refractivity contribution in [1.82, 2.24) is 29.5 Å². The largest absolute Gasteiger partial charge is 0.491 e. The number of hydrogen-bond acceptors (Lipinski definition) is 9. The van der Waals surface area contributed by atoms with E-state index in [1.807, 2.05) is 59.2 Å². The maximum atomic E-state index is 12.8. The van der Waals surface area contributed by atoms with E-state index in [1.54, 1.807) is 13.4 Å². The van der Waals surface area contributed by atoms with Crippen molar-refractivity contribution in [2.45, 2.75) is 58.2 Å². The van der Waals surface area contributed by atoms with E-state index in [4.69, 9.17) is 9.47 Å². The Hall–Kier alpha value is -5.73. The summed E-state index contributed by atoms with van der Waals surface area (Å²) < 4.78 is 13.8. The molecule has 4 heterocycles. The third kappa shape index (κ3) is 8.03. The van der Waals surface area contributed by atoms with Crippen LogP contribution in [0.3, 0.4) is 0 Å². The highest BCUT2D eigenvalue weighted by molar-refractivity contribution is 6.00. The van der Waals surface area contributed by atoms with Gasteiger partial charge in [-0.15, -0.1) is 0 Å². The Morgan fingerprint density at radius 2 is 1.81 bits per heavy atom. The molecule has 0 bridgehead atoms. The van der Waals surface area contributed by atoms with Gasteiger partial charge in [-0.1, -0.05) is 32.9 Å². The van der Waals surface area contributed by atoms with Crippen molar-refractivity contribution in [3.8, 4) is 11.4 Å². The summed E-state index contributed by atoms with van der Waals surface area (Å²) in [5, 5.41) is 16.2. The summed E-state index contributed by atoms with van der Waals surface area (Å²) in [5.41, 5.74) is 7.54. The molecule has 1 unspecified atom stereocenters. The van der Waals surface area contributed by atoms with Gasteiger partial charge in [0.2, 0.25) is 11.8 Å². The lowest BCUT2D eigenvalue weighted by atomic mass is 9.92. The number of H-pyrrole nitrogens is 1. The van der Waals surface area contributed by atoms with Gasteiger partial charge in [-0.2, -0.15) is 5.10 Å². The zero-order chi connectivity index (χ0) is 37.1. The molecule has 2 aliphatic heterocycles. The number of urea groups is 1. The molecule has 5 aromatic rings. The molecule has 0 aliphatic carbocycles. The predicted octanol–water partition coefficient (Wildman–Crippen LogP) is 5.66. The minimum atomic E-state index is -0.376. The number of anilines is 3. The van der Waals surface area contributed by atoms with Crippen molar-refractivity contribution in [2.24, 2.45) is 0 Å². The van der Waals surface area contributed by atoms with E-state index in [-0.39, 0.29) is 29.3 Å². The highest BCUT2D eigenvalue weighted by Crippen LogP contribution is 2.33. The second kappa shape index (κ2) is 15.1. The van der Waals surface area contributed by atoms with Crippen LogP contribution in [0.4, 0.5) is 22.0 Å². The van der Waals surface area contributed by atoms with Crippen LogP contribution in [0.15, 0.2) is 73.1 Å². The maximum Gasteiger partial charge on any atom is 0.324 e. The van der Waals surface area contributed by atoms with Gasteiger partial charge in [0, 0.05) is 73.4 Å². The highest BCUT2D eigenvalue weighted by Gasteiger charge is 2.38. The lowest BCUT2D eigenvalue weighted by Crippen LogP contribution is -2.51. The van der Waals surface area contributed by atoms with Crippen molar-refractivity contribution in [1.29, 1.82) is 0 Å². The van der Waals surface area contributed by atoms with Gasteiger partial charge in [-0.05, 0) is 60.0 Å². The first kappa shape index (κ1) is 35.7. The predicted molar refractivity (Wildman–Crippen MR) is 202 cm³/mol. The van der Waals surface area contributed by atoms with Crippen molar-refractivity contribution >= 4 is 46.1 Å². The number of piperidine rings is 1. The summed E-state index contributed by atoms with van der Waals surface area (Å²) in [6.07, 6.45) is 2.73. The maximum absolute atomic E-state index is 12.8. The number of fused-ring (bicyclic) bond motifs is 2. The molecule has 1 fully saturated rings. The molecule has 1 saturated heterocycles. The summed E-state index contributed by atoms with van der Waals surface area (Å²) in [6.45, 7) is 9.55. The number of likely N-dealkylation sites (N-methyl/N-ethyl adjacent to an activating group) is 1. The molecule has 4 amide bonds. The van der Waals surface area contributed by atoms with Gasteiger partial charge < -0.3 is 20.1 Å². The number of carbonyl (C=O) groups excluding carboxylic acids is 3. The van der Waals surface area contributed by atoms with Crippen molar-refractivity contribution < 1.29 is 23.9 Å². The summed E-state index contributed by atoms with van der Waals surface area (Å²) in [7, 11) is 1.57. The Kier molecular flexibility index (Phi) is 10.2. The van der Waals surface area contributed by atoms with Crippen LogP contribution in [0.25, 0.3) is 16.7 Å². The van der Waals surface area contributed by atoms with Crippen LogP contribution in [0.1, 0.15) is 50.4 Å². The lowest BCUT2D eigenvalue weighted by molar-refractivity contribution is -0.151. The zero-order valence-corrected chi connectivity index (χ0v) is 30.4. The number of benzene rings is 3. The fourth-order valence-electron chi connectivity index (χ4n) is 6.69. The second-order valence-electron chi connectivity index (χ2n) is 14.4. The molecule has 0 spiro atoms. The minimum absolute atomic E-state index is 0.0981. The summed E-state index contributed by atoms with van der Waals surface area (Å²) in [5.74, 6) is 0.944. The molecule has 0 radical (unpaired) electrons. The Morgan fingerprint density at radius 1 is 0.981 bits per heavy atom. The summed E-state index contributed by atoms with van der Waals surface area (Å²) in [6, 6.07) is 20.7. The summed E-state index contributed by atoms with van der Waals surface area (Å²) >= 11 is 0. The van der Waals surface area contributed by atoms with Crippen LogP contribution in [-0.4, -0.2) is 86.8 Å². The Labute approximate surface area is 307 Å². The van der Waals surface area contributed by atoms with Crippen molar-refractivity contribution in [3.05, 3.63) is 89.9 Å². The molecule has 1 atom stereocenters. The van der Waals surface area contributed by atoms with E-state index in [2.05, 4.69) is 68.9 Å². The smallest absolute Gasteiger partial charge is 0.324 e. The summed E-state index contributed by atoms with van der Waals surface area (Å²) in [4.78, 5) is 45.2. The van der Waals surface area contributed by atoms with Gasteiger partial charge in [0.05, 0.1) is 30.3 Å². The van der Waals surface area contributed by atoms with E-state index < -0.39 is 0 Å². The Balaban J connectivity index is 0.840. The molecule has 4 N–H and O–H groups in total. The van der Waals surface area contributed by atoms with Gasteiger partial charge in [0.1, 0.15) is 18.7 Å². The van der Waals surface area contributed by atoms with Gasteiger partial charge >= 0.3 is 6.03 Å². The van der Waals surface area contributed by atoms with Crippen LogP contribution in [0.2, 0.25) is 0 Å². The fraction of sp³-hybridized carbons (Fsp3) is 0.359. The Morgan fingerprint density at radius 3 is 2.60 bits per heavy atom. The van der Waals surface area contributed by atoms with Crippen LogP contribution >= 0.6 is 0 Å². The van der Waals surface area contributed by atoms with Gasteiger partial charge in [-0.25, -0.2) is 9.78 Å². The number of imide groups is 1. The number of rotatable bonds is 12. The normalized spacial score (nSPS) is 16.2. The number of hydrogen-bond donors (Lipinski definition) is 4. The van der Waals surface area contributed by atoms with Crippen LogP contribution in [0, 0.1) is 0 Å². The van der Waals surface area contributed by atoms with Crippen molar-refractivity contribution in [2.75, 3.05) is 49.4 Å². The fourth-order valence-corrected chi connectivity index (χ4v) is 6.69. The van der Waals surface area contributed by atoms with E-state index >= 15 is 0 Å². The van der Waals surface area contributed by atoms with Crippen molar-refractivity contribution in [3.63, 3.8) is 0 Å². The zero-order valence-electron chi connectivity index (χ0n) is 30.4. The molecular weight excluding hydrogens is 674 g/mol. The van der Waals surface area contributed by atoms with E-state index in [0.29, 0.717) is 69.6 Å². The third-order valence-corrected chi connectivity index (χ3v) is 9.68. The number of amides is 4. The lowest BCUT2D eigenvalue weighted by Gasteiger charge is -2.33. The first-order valence-corrected chi connectivity index (χ1v) is 17.8. The highest BCUT2D eigenvalue weighted by atomic mass is 16.5. The van der Waals surface area contributed by atoms with Crippen LogP contribution in [-0.2, 0) is 32.8 Å². The first-order chi connectivity index (χ1) is 25.5. The number of aromatic nitrogens is 4. The topological polar surface area (TPSA) is 159 Å². The number of nitrogens with one attached hydrogen (secondary N) is 4. The Bertz CT molecular complexity index is 2120. The molecule has 276 valence electrons. The molecule has 14 heteroatoms. The molecule has 0 saturated carbocycles. The monoisotopic (exact) mass is 719 g/mol. The number of ether oxygens (including phenoxy) is 2. The van der Waals surface area contributed by atoms with Gasteiger partial charge in [-0.3, -0.25) is 34.4 Å². The number of aromatic amines is 1. The molecule has 2 aromatic heterocycles. The number of imidazole rings is 1. The average molecular weight is 720 g/mol. The average Bonchev–Trinajstić information content (AvgIpc) is 3.89. The molecular formula is C39H45N9O5. The van der Waals surface area contributed by atoms with E-state index in [1.165, 1.54) is 16.0 Å². The standard InChI is InChI=1S/C39H45N9O5/c1-39(2,3)34-21-35(45-44-34)43-38(51)42-26-8-10-27(11-9-26)48-24-41-31-20-28(12-13-32(31)48)53-19-18-52-17-16-40-30-7-5-6-25-22-47(23-29(25)30)33-14-15-36(49)46(4)37(33)50/h5-13,20-21,24,33,40H,14-19,22-23H2,1-4H3,(H3,42,43,44,45,51). The molecule has 14 nitrogen and oxygen atoms in total. The SMILES string of the molecule is CN1C(=O)CCC(N2Cc3cccc(NCCOCCOc4ccc5c(c4)ncn5-c4ccc(NC(=O)Nc5cc(C(C)(C)C)[nH]n5)cc4)c3C2)C1=O. The van der Waals surface area contributed by atoms with Gasteiger partial charge in [0.25, 0.3) is 0 Å². The molecule has 2 aliphatic rings. The van der Waals surface area contributed by atoms with Gasteiger partial charge in [0.15, 0.2) is 5.82 Å². The van der Waals surface area contributed by atoms with Crippen LogP contribution < -0.4 is 20.7 Å². The molecule has 3 aromatic carbocycles. The number of likely N-dealkylation sites (tertiary alicyclic amines) is 1. The number of nitrogens with zero attached hydrogens (tertiary/aromatic N) is 5. The molecule has 53 heavy (non-hydrogen) atoms.